The lowest BCUT2D eigenvalue weighted by atomic mass is 10.0. The standard InChI is InChI=1S/C22H38N3O3S/c1-5-7-9-11-16-27-22-21(23-29-24-22)19-13-12-15-25(4,17-19)18(3)28-20(26)14-10-8-6-2/h13,18H,5-12,14-17H2,1-4H3/q+1/t18-,25?/m0/s1. The minimum Gasteiger partial charge on any atom is -0.475 e. The number of aromatic nitrogens is 2. The van der Waals surface area contributed by atoms with Crippen molar-refractivity contribution in [3.63, 3.8) is 0 Å². The quantitative estimate of drug-likeness (QED) is 0.247. The molecule has 0 spiro atoms. The van der Waals surface area contributed by atoms with Crippen molar-refractivity contribution >= 4 is 23.3 Å². The SMILES string of the molecule is CCCCCCOc1nsnc1C1=CCC[N+](C)([C@H](C)OC(=O)CCCCC)C1. The Hall–Kier alpha value is -1.47. The van der Waals surface area contributed by atoms with Gasteiger partial charge in [0.15, 0.2) is 0 Å². The average Bonchev–Trinajstić information content (AvgIpc) is 3.16. The summed E-state index contributed by atoms with van der Waals surface area (Å²) in [6, 6.07) is 0. The van der Waals surface area contributed by atoms with Crippen LogP contribution < -0.4 is 4.74 Å². The van der Waals surface area contributed by atoms with Gasteiger partial charge in [0.1, 0.15) is 12.2 Å². The van der Waals surface area contributed by atoms with Crippen molar-refractivity contribution in [1.29, 1.82) is 0 Å². The van der Waals surface area contributed by atoms with Crippen molar-refractivity contribution in [2.45, 2.75) is 84.8 Å². The maximum Gasteiger partial charge on any atom is 0.310 e. The van der Waals surface area contributed by atoms with Crippen molar-refractivity contribution in [3.8, 4) is 5.88 Å². The maximum atomic E-state index is 12.2. The van der Waals surface area contributed by atoms with Crippen LogP contribution in [0.15, 0.2) is 6.08 Å². The smallest absolute Gasteiger partial charge is 0.310 e. The molecule has 1 aromatic rings. The van der Waals surface area contributed by atoms with Gasteiger partial charge in [-0.3, -0.25) is 9.28 Å². The van der Waals surface area contributed by atoms with Gasteiger partial charge in [0.25, 0.3) is 5.88 Å². The van der Waals surface area contributed by atoms with Crippen LogP contribution in [-0.4, -0.2) is 52.2 Å². The van der Waals surface area contributed by atoms with Gasteiger partial charge in [0.2, 0.25) is 6.23 Å². The molecule has 1 aliphatic rings. The second-order valence-corrected chi connectivity index (χ2v) is 8.78. The van der Waals surface area contributed by atoms with Gasteiger partial charge in [-0.1, -0.05) is 52.0 Å². The molecule has 1 aromatic heterocycles. The monoisotopic (exact) mass is 424 g/mol. The number of esters is 1. The molecule has 0 bridgehead atoms. The van der Waals surface area contributed by atoms with Crippen LogP contribution in [0.25, 0.3) is 5.57 Å². The summed E-state index contributed by atoms with van der Waals surface area (Å²) in [4.78, 5) is 12.2. The molecule has 0 fully saturated rings. The molecule has 1 unspecified atom stereocenters. The van der Waals surface area contributed by atoms with Crippen LogP contribution in [0.2, 0.25) is 0 Å². The third-order valence-electron chi connectivity index (χ3n) is 5.73. The van der Waals surface area contributed by atoms with E-state index in [0.29, 0.717) is 23.4 Å². The van der Waals surface area contributed by atoms with Crippen LogP contribution in [0, 0.1) is 0 Å². The Morgan fingerprint density at radius 2 is 1.93 bits per heavy atom. The average molecular weight is 425 g/mol. The summed E-state index contributed by atoms with van der Waals surface area (Å²) >= 11 is 1.20. The van der Waals surface area contributed by atoms with Gasteiger partial charge in [-0.25, -0.2) is 0 Å². The number of unbranched alkanes of at least 4 members (excludes halogenated alkanes) is 5. The highest BCUT2D eigenvalue weighted by molar-refractivity contribution is 6.99. The fourth-order valence-electron chi connectivity index (χ4n) is 3.61. The van der Waals surface area contributed by atoms with E-state index in [9.17, 15) is 4.79 Å². The number of rotatable bonds is 13. The van der Waals surface area contributed by atoms with Crippen LogP contribution in [0.5, 0.6) is 5.88 Å². The number of hydrogen-bond acceptors (Lipinski definition) is 6. The highest BCUT2D eigenvalue weighted by Gasteiger charge is 2.36. The molecule has 6 nitrogen and oxygen atoms in total. The topological polar surface area (TPSA) is 61.3 Å². The third kappa shape index (κ3) is 7.37. The minimum atomic E-state index is -0.183. The fraction of sp³-hybridized carbons (Fsp3) is 0.773. The second-order valence-electron chi connectivity index (χ2n) is 8.25. The molecule has 0 aliphatic carbocycles. The first kappa shape index (κ1) is 23.8. The number of ether oxygens (including phenoxy) is 2. The van der Waals surface area contributed by atoms with Gasteiger partial charge < -0.3 is 9.47 Å². The summed E-state index contributed by atoms with van der Waals surface area (Å²) in [6.45, 7) is 8.74. The molecule has 2 atom stereocenters. The van der Waals surface area contributed by atoms with E-state index in [1.165, 1.54) is 31.0 Å². The molecule has 0 amide bonds. The lowest BCUT2D eigenvalue weighted by Gasteiger charge is -2.41. The zero-order valence-electron chi connectivity index (χ0n) is 18.6. The Morgan fingerprint density at radius 3 is 2.69 bits per heavy atom. The molecule has 0 saturated carbocycles. The Labute approximate surface area is 180 Å². The van der Waals surface area contributed by atoms with E-state index in [1.54, 1.807) is 0 Å². The largest absolute Gasteiger partial charge is 0.475 e. The summed E-state index contributed by atoms with van der Waals surface area (Å²) in [7, 11) is 2.15. The number of quaternary nitrogens is 1. The predicted octanol–water partition coefficient (Wildman–Crippen LogP) is 5.20. The van der Waals surface area contributed by atoms with E-state index in [-0.39, 0.29) is 12.2 Å². The normalized spacial score (nSPS) is 20.2. The van der Waals surface area contributed by atoms with E-state index >= 15 is 0 Å². The van der Waals surface area contributed by atoms with Crippen molar-refractivity contribution in [2.24, 2.45) is 0 Å². The molecule has 164 valence electrons. The van der Waals surface area contributed by atoms with Crippen molar-refractivity contribution in [1.82, 2.24) is 8.75 Å². The minimum absolute atomic E-state index is 0.0900. The highest BCUT2D eigenvalue weighted by Crippen LogP contribution is 2.31. The van der Waals surface area contributed by atoms with Crippen LogP contribution in [0.4, 0.5) is 0 Å². The summed E-state index contributed by atoms with van der Waals surface area (Å²) in [6.07, 6.45) is 11.2. The lowest BCUT2D eigenvalue weighted by Crippen LogP contribution is -2.55. The maximum absolute atomic E-state index is 12.2. The second kappa shape index (κ2) is 12.3. The Kier molecular flexibility index (Phi) is 10.1. The van der Waals surface area contributed by atoms with Gasteiger partial charge in [-0.2, -0.15) is 4.37 Å². The molecule has 0 radical (unpaired) electrons. The Morgan fingerprint density at radius 1 is 1.17 bits per heavy atom. The first-order chi connectivity index (χ1) is 14.0. The van der Waals surface area contributed by atoms with E-state index < -0.39 is 0 Å². The van der Waals surface area contributed by atoms with Crippen molar-refractivity contribution in [3.05, 3.63) is 11.8 Å². The van der Waals surface area contributed by atoms with Crippen LogP contribution in [0.1, 0.15) is 84.3 Å². The molecule has 2 heterocycles. The Balaban J connectivity index is 1.93. The number of hydrogen-bond donors (Lipinski definition) is 0. The summed E-state index contributed by atoms with van der Waals surface area (Å²) in [5.41, 5.74) is 2.00. The number of nitrogens with zero attached hydrogens (tertiary/aromatic N) is 3. The van der Waals surface area contributed by atoms with E-state index in [1.807, 2.05) is 6.92 Å². The van der Waals surface area contributed by atoms with E-state index in [4.69, 9.17) is 9.47 Å². The van der Waals surface area contributed by atoms with Crippen LogP contribution >= 0.6 is 11.7 Å². The Bertz CT molecular complexity index is 661. The molecule has 0 saturated heterocycles. The molecule has 0 N–H and O–H groups in total. The predicted molar refractivity (Wildman–Crippen MR) is 118 cm³/mol. The van der Waals surface area contributed by atoms with Crippen LogP contribution in [0.3, 0.4) is 0 Å². The fourth-order valence-corrected chi connectivity index (χ4v) is 4.14. The van der Waals surface area contributed by atoms with Gasteiger partial charge in [-0.15, -0.1) is 4.37 Å². The van der Waals surface area contributed by atoms with Crippen molar-refractivity contribution in [2.75, 3.05) is 26.7 Å². The first-order valence-corrected chi connectivity index (χ1v) is 11.9. The molecule has 7 heteroatoms. The molecule has 29 heavy (non-hydrogen) atoms. The summed E-state index contributed by atoms with van der Waals surface area (Å²) in [5.74, 6) is 0.559. The number of carbonyl (C=O) groups is 1. The summed E-state index contributed by atoms with van der Waals surface area (Å²) in [5, 5.41) is 0. The first-order valence-electron chi connectivity index (χ1n) is 11.2. The van der Waals surface area contributed by atoms with Crippen molar-refractivity contribution < 1.29 is 18.8 Å². The highest BCUT2D eigenvalue weighted by atomic mass is 32.1. The lowest BCUT2D eigenvalue weighted by molar-refractivity contribution is -0.944. The molecule has 0 aromatic carbocycles. The zero-order chi connectivity index (χ0) is 21.1. The number of likely N-dealkylation sites (N-methyl/N-ethyl adjacent to an activating group) is 1. The molecule has 1 aliphatic heterocycles. The van der Waals surface area contributed by atoms with E-state index in [2.05, 4.69) is 35.7 Å². The van der Waals surface area contributed by atoms with E-state index in [0.717, 1.165) is 56.5 Å². The molecule has 2 rings (SSSR count). The van der Waals surface area contributed by atoms with Gasteiger partial charge >= 0.3 is 5.97 Å². The van der Waals surface area contributed by atoms with Gasteiger partial charge in [0.05, 0.1) is 31.9 Å². The van der Waals surface area contributed by atoms with Crippen LogP contribution in [-0.2, 0) is 9.53 Å². The zero-order valence-corrected chi connectivity index (χ0v) is 19.4. The molecular weight excluding hydrogens is 386 g/mol. The van der Waals surface area contributed by atoms with Gasteiger partial charge in [0, 0.05) is 25.3 Å². The molecular formula is C22H38N3O3S+. The third-order valence-corrected chi connectivity index (χ3v) is 6.24. The number of carbonyl (C=O) groups excluding carboxylic acids is 1. The summed E-state index contributed by atoms with van der Waals surface area (Å²) < 4.78 is 21.3. The van der Waals surface area contributed by atoms with Gasteiger partial charge in [-0.05, 0) is 12.8 Å².